The van der Waals surface area contributed by atoms with Crippen molar-refractivity contribution in [1.29, 1.82) is 0 Å². The summed E-state index contributed by atoms with van der Waals surface area (Å²) in [5.74, 6) is 2.74. The highest BCUT2D eigenvalue weighted by Gasteiger charge is 2.30. The number of benzene rings is 1. The number of aryl methyl sites for hydroxylation is 1. The van der Waals surface area contributed by atoms with E-state index in [4.69, 9.17) is 4.98 Å². The first kappa shape index (κ1) is 11.2. The van der Waals surface area contributed by atoms with Crippen LogP contribution in [0.15, 0.2) is 24.3 Å². The first-order chi connectivity index (χ1) is 9.31. The fraction of sp³-hybridized carbons (Fsp3) is 0.467. The molecule has 1 saturated carbocycles. The Kier molecular flexibility index (Phi) is 2.45. The van der Waals surface area contributed by atoms with Crippen molar-refractivity contribution in [2.45, 2.75) is 37.8 Å². The number of nitrogens with zero attached hydrogens (tertiary/aromatic N) is 3. The molecule has 2 aliphatic rings. The van der Waals surface area contributed by atoms with Gasteiger partial charge in [-0.2, -0.15) is 5.10 Å². The van der Waals surface area contributed by atoms with Crippen LogP contribution in [0.4, 0.5) is 0 Å². The molecular weight excluding hydrogens is 236 g/mol. The molecule has 1 aliphatic carbocycles. The molecule has 0 bridgehead atoms. The van der Waals surface area contributed by atoms with E-state index in [0.717, 1.165) is 24.6 Å². The van der Waals surface area contributed by atoms with Crippen LogP contribution in [0.25, 0.3) is 0 Å². The number of rotatable bonds is 2. The lowest BCUT2D eigenvalue weighted by molar-refractivity contribution is 0.457. The zero-order valence-corrected chi connectivity index (χ0v) is 11.1. The first-order valence-electron chi connectivity index (χ1n) is 7.02. The second-order valence-corrected chi connectivity index (χ2v) is 5.63. The average molecular weight is 254 g/mol. The van der Waals surface area contributed by atoms with Gasteiger partial charge in [0.15, 0.2) is 5.82 Å². The molecule has 1 aromatic heterocycles. The number of nitrogens with one attached hydrogen (secondary N) is 1. The number of hydrogen-bond donors (Lipinski definition) is 1. The Morgan fingerprint density at radius 1 is 1.21 bits per heavy atom. The zero-order valence-electron chi connectivity index (χ0n) is 11.1. The standard InChI is InChI=1S/C15H18N4/c1-19-15(17-14(18-19)10-6-7-10)13-8-11-4-2-3-5-12(11)9-16-13/h2-5,10,13,16H,6-9H2,1H3. The maximum absolute atomic E-state index is 4.76. The molecule has 1 fully saturated rings. The Bertz CT molecular complexity index is 612. The molecule has 4 nitrogen and oxygen atoms in total. The quantitative estimate of drug-likeness (QED) is 0.892. The van der Waals surface area contributed by atoms with Gasteiger partial charge in [-0.25, -0.2) is 4.98 Å². The van der Waals surface area contributed by atoms with E-state index >= 15 is 0 Å². The minimum Gasteiger partial charge on any atom is -0.303 e. The second kappa shape index (κ2) is 4.17. The van der Waals surface area contributed by atoms with Crippen molar-refractivity contribution in [3.05, 3.63) is 47.0 Å². The van der Waals surface area contributed by atoms with Gasteiger partial charge in [0.1, 0.15) is 5.82 Å². The summed E-state index contributed by atoms with van der Waals surface area (Å²) < 4.78 is 1.96. The van der Waals surface area contributed by atoms with E-state index in [-0.39, 0.29) is 0 Å². The van der Waals surface area contributed by atoms with Gasteiger partial charge in [-0.1, -0.05) is 24.3 Å². The molecule has 1 atom stereocenters. The molecule has 1 aliphatic heterocycles. The summed E-state index contributed by atoms with van der Waals surface area (Å²) in [4.78, 5) is 4.76. The monoisotopic (exact) mass is 254 g/mol. The van der Waals surface area contributed by atoms with Crippen LogP contribution in [0.3, 0.4) is 0 Å². The van der Waals surface area contributed by atoms with Crippen molar-refractivity contribution in [3.63, 3.8) is 0 Å². The SMILES string of the molecule is Cn1nc(C2CC2)nc1C1Cc2ccccc2CN1. The summed E-state index contributed by atoms with van der Waals surface area (Å²) in [6.07, 6.45) is 3.52. The molecule has 19 heavy (non-hydrogen) atoms. The number of hydrogen-bond acceptors (Lipinski definition) is 3. The largest absolute Gasteiger partial charge is 0.303 e. The van der Waals surface area contributed by atoms with Crippen LogP contribution in [-0.2, 0) is 20.0 Å². The molecule has 2 heterocycles. The van der Waals surface area contributed by atoms with Crippen molar-refractivity contribution in [3.8, 4) is 0 Å². The summed E-state index contributed by atoms with van der Waals surface area (Å²) in [5, 5.41) is 8.15. The van der Waals surface area contributed by atoms with Crippen LogP contribution >= 0.6 is 0 Å². The molecule has 0 amide bonds. The van der Waals surface area contributed by atoms with E-state index < -0.39 is 0 Å². The molecule has 2 aromatic rings. The number of fused-ring (bicyclic) bond motifs is 1. The fourth-order valence-corrected chi connectivity index (χ4v) is 2.87. The Balaban J connectivity index is 1.63. The molecule has 1 aromatic carbocycles. The third kappa shape index (κ3) is 1.96. The Hall–Kier alpha value is -1.68. The smallest absolute Gasteiger partial charge is 0.154 e. The van der Waals surface area contributed by atoms with Gasteiger partial charge in [0.25, 0.3) is 0 Å². The third-order valence-corrected chi connectivity index (χ3v) is 4.15. The lowest BCUT2D eigenvalue weighted by Gasteiger charge is -2.25. The van der Waals surface area contributed by atoms with E-state index in [1.807, 2.05) is 11.7 Å². The van der Waals surface area contributed by atoms with Gasteiger partial charge in [0.05, 0.1) is 6.04 Å². The van der Waals surface area contributed by atoms with Gasteiger partial charge >= 0.3 is 0 Å². The van der Waals surface area contributed by atoms with Crippen LogP contribution in [0.1, 0.15) is 47.6 Å². The van der Waals surface area contributed by atoms with Crippen LogP contribution in [0.2, 0.25) is 0 Å². The van der Waals surface area contributed by atoms with Crippen LogP contribution in [0.5, 0.6) is 0 Å². The number of aromatic nitrogens is 3. The molecule has 0 spiro atoms. The molecule has 0 saturated heterocycles. The van der Waals surface area contributed by atoms with Crippen LogP contribution in [-0.4, -0.2) is 14.8 Å². The van der Waals surface area contributed by atoms with Gasteiger partial charge in [-0.3, -0.25) is 4.68 Å². The average Bonchev–Trinajstić information content (AvgIpc) is 3.22. The normalized spacial score (nSPS) is 22.3. The summed E-state index contributed by atoms with van der Waals surface area (Å²) in [7, 11) is 2.01. The van der Waals surface area contributed by atoms with E-state index in [1.165, 1.54) is 24.0 Å². The summed E-state index contributed by atoms with van der Waals surface area (Å²) in [6, 6.07) is 8.94. The molecule has 4 rings (SSSR count). The van der Waals surface area contributed by atoms with Crippen molar-refractivity contribution >= 4 is 0 Å². The lowest BCUT2D eigenvalue weighted by atomic mass is 9.95. The predicted molar refractivity (Wildman–Crippen MR) is 72.7 cm³/mol. The molecule has 0 radical (unpaired) electrons. The summed E-state index contributed by atoms with van der Waals surface area (Å²) in [6.45, 7) is 0.923. The topological polar surface area (TPSA) is 42.7 Å². The highest BCUT2D eigenvalue weighted by molar-refractivity contribution is 5.31. The zero-order chi connectivity index (χ0) is 12.8. The van der Waals surface area contributed by atoms with E-state index in [1.54, 1.807) is 0 Å². The minimum absolute atomic E-state index is 0.292. The maximum atomic E-state index is 4.76. The van der Waals surface area contributed by atoms with Gasteiger partial charge in [0.2, 0.25) is 0 Å². The third-order valence-electron chi connectivity index (χ3n) is 4.15. The Morgan fingerprint density at radius 2 is 2.00 bits per heavy atom. The molecule has 4 heteroatoms. The fourth-order valence-electron chi connectivity index (χ4n) is 2.87. The van der Waals surface area contributed by atoms with Gasteiger partial charge in [0, 0.05) is 19.5 Å². The molecule has 1 unspecified atom stereocenters. The first-order valence-corrected chi connectivity index (χ1v) is 7.02. The minimum atomic E-state index is 0.292. The van der Waals surface area contributed by atoms with Gasteiger partial charge in [-0.05, 0) is 30.4 Å². The highest BCUT2D eigenvalue weighted by Crippen LogP contribution is 2.38. The van der Waals surface area contributed by atoms with Crippen molar-refractivity contribution in [1.82, 2.24) is 20.1 Å². The van der Waals surface area contributed by atoms with E-state index in [9.17, 15) is 0 Å². The Labute approximate surface area is 112 Å². The highest BCUT2D eigenvalue weighted by atomic mass is 15.3. The van der Waals surface area contributed by atoms with Crippen molar-refractivity contribution < 1.29 is 0 Å². The van der Waals surface area contributed by atoms with Crippen molar-refractivity contribution in [2.24, 2.45) is 7.05 Å². The van der Waals surface area contributed by atoms with Crippen LogP contribution < -0.4 is 5.32 Å². The second-order valence-electron chi connectivity index (χ2n) is 5.63. The van der Waals surface area contributed by atoms with E-state index in [2.05, 4.69) is 34.7 Å². The summed E-state index contributed by atoms with van der Waals surface area (Å²) >= 11 is 0. The summed E-state index contributed by atoms with van der Waals surface area (Å²) in [5.41, 5.74) is 2.84. The molecular formula is C15H18N4. The maximum Gasteiger partial charge on any atom is 0.154 e. The van der Waals surface area contributed by atoms with Gasteiger partial charge in [-0.15, -0.1) is 0 Å². The van der Waals surface area contributed by atoms with Gasteiger partial charge < -0.3 is 5.32 Å². The Morgan fingerprint density at radius 3 is 2.79 bits per heavy atom. The molecule has 1 N–H and O–H groups in total. The predicted octanol–water partition coefficient (Wildman–Crippen LogP) is 2.08. The lowest BCUT2D eigenvalue weighted by Crippen LogP contribution is -2.30. The van der Waals surface area contributed by atoms with E-state index in [0.29, 0.717) is 12.0 Å². The van der Waals surface area contributed by atoms with Crippen LogP contribution in [0, 0.1) is 0 Å². The van der Waals surface area contributed by atoms with Crippen molar-refractivity contribution in [2.75, 3.05) is 0 Å². The molecule has 98 valence electrons.